The summed E-state index contributed by atoms with van der Waals surface area (Å²) in [5.74, 6) is -0.356. The SMILES string of the molecule is COCCC(C)(NCCN=[N+]=[N-])C(=O)OC. The van der Waals surface area contributed by atoms with Gasteiger partial charge in [0.25, 0.3) is 0 Å². The highest BCUT2D eigenvalue weighted by molar-refractivity contribution is 5.80. The quantitative estimate of drug-likeness (QED) is 0.220. The molecule has 1 N–H and O–H groups in total. The van der Waals surface area contributed by atoms with Crippen LogP contribution in [0.4, 0.5) is 0 Å². The van der Waals surface area contributed by atoms with Gasteiger partial charge in [-0.3, -0.25) is 4.79 Å². The first-order valence-electron chi connectivity index (χ1n) is 4.94. The van der Waals surface area contributed by atoms with Crippen LogP contribution in [0.25, 0.3) is 10.4 Å². The molecule has 92 valence electrons. The molecule has 7 heteroatoms. The molecule has 0 aromatic rings. The molecular weight excluding hydrogens is 212 g/mol. The number of hydrogen-bond acceptors (Lipinski definition) is 5. The summed E-state index contributed by atoms with van der Waals surface area (Å²) in [7, 11) is 2.90. The lowest BCUT2D eigenvalue weighted by Crippen LogP contribution is -2.51. The minimum Gasteiger partial charge on any atom is -0.468 e. The fourth-order valence-electron chi connectivity index (χ4n) is 1.22. The van der Waals surface area contributed by atoms with Gasteiger partial charge in [-0.1, -0.05) is 5.11 Å². The van der Waals surface area contributed by atoms with Gasteiger partial charge in [0.05, 0.1) is 7.11 Å². The van der Waals surface area contributed by atoms with E-state index in [4.69, 9.17) is 15.0 Å². The summed E-state index contributed by atoms with van der Waals surface area (Å²) in [5.41, 5.74) is 7.30. The molecule has 0 heterocycles. The summed E-state index contributed by atoms with van der Waals surface area (Å²) in [6.45, 7) is 2.88. The number of nitrogens with one attached hydrogen (secondary N) is 1. The van der Waals surface area contributed by atoms with Gasteiger partial charge in [-0.2, -0.15) is 0 Å². The van der Waals surface area contributed by atoms with Crippen molar-refractivity contribution >= 4 is 5.97 Å². The van der Waals surface area contributed by atoms with Crippen LogP contribution in [0.3, 0.4) is 0 Å². The normalized spacial score (nSPS) is 13.7. The Balaban J connectivity index is 4.28. The van der Waals surface area contributed by atoms with Crippen molar-refractivity contribution < 1.29 is 14.3 Å². The fraction of sp³-hybridized carbons (Fsp3) is 0.889. The number of carbonyl (C=O) groups is 1. The van der Waals surface area contributed by atoms with Gasteiger partial charge in [0.15, 0.2) is 0 Å². The van der Waals surface area contributed by atoms with Crippen LogP contribution in [0.5, 0.6) is 0 Å². The number of rotatable bonds is 8. The summed E-state index contributed by atoms with van der Waals surface area (Å²) < 4.78 is 9.64. The molecule has 0 aromatic heterocycles. The van der Waals surface area contributed by atoms with Gasteiger partial charge in [0.1, 0.15) is 5.54 Å². The summed E-state index contributed by atoms with van der Waals surface area (Å²) in [6, 6.07) is 0. The van der Waals surface area contributed by atoms with E-state index in [9.17, 15) is 4.79 Å². The zero-order chi connectivity index (χ0) is 12.4. The number of esters is 1. The smallest absolute Gasteiger partial charge is 0.325 e. The molecule has 0 radical (unpaired) electrons. The lowest BCUT2D eigenvalue weighted by Gasteiger charge is -2.27. The van der Waals surface area contributed by atoms with Crippen molar-refractivity contribution in [3.05, 3.63) is 10.4 Å². The van der Waals surface area contributed by atoms with E-state index in [1.54, 1.807) is 14.0 Å². The molecule has 16 heavy (non-hydrogen) atoms. The second-order valence-corrected chi connectivity index (χ2v) is 3.45. The van der Waals surface area contributed by atoms with Crippen molar-refractivity contribution in [1.29, 1.82) is 0 Å². The highest BCUT2D eigenvalue weighted by atomic mass is 16.5. The van der Waals surface area contributed by atoms with E-state index in [1.165, 1.54) is 7.11 Å². The first-order valence-corrected chi connectivity index (χ1v) is 4.94. The van der Waals surface area contributed by atoms with E-state index in [-0.39, 0.29) is 12.5 Å². The number of carbonyl (C=O) groups excluding carboxylic acids is 1. The monoisotopic (exact) mass is 230 g/mol. The fourth-order valence-corrected chi connectivity index (χ4v) is 1.22. The summed E-state index contributed by atoms with van der Waals surface area (Å²) in [6.07, 6.45) is 0.493. The van der Waals surface area contributed by atoms with Crippen LogP contribution in [0.15, 0.2) is 5.11 Å². The van der Waals surface area contributed by atoms with Gasteiger partial charge in [0.2, 0.25) is 0 Å². The van der Waals surface area contributed by atoms with Gasteiger partial charge in [-0.25, -0.2) is 0 Å². The first kappa shape index (κ1) is 14.7. The summed E-state index contributed by atoms with van der Waals surface area (Å²) in [4.78, 5) is 14.2. The third kappa shape index (κ3) is 4.97. The van der Waals surface area contributed by atoms with Gasteiger partial charge in [-0.05, 0) is 18.9 Å². The second kappa shape index (κ2) is 7.92. The van der Waals surface area contributed by atoms with Gasteiger partial charge in [-0.15, -0.1) is 0 Å². The van der Waals surface area contributed by atoms with Crippen molar-refractivity contribution in [2.45, 2.75) is 18.9 Å². The molecular formula is C9H18N4O3. The van der Waals surface area contributed by atoms with Crippen molar-refractivity contribution in [3.63, 3.8) is 0 Å². The zero-order valence-electron chi connectivity index (χ0n) is 9.89. The Morgan fingerprint density at radius 3 is 2.75 bits per heavy atom. The maximum absolute atomic E-state index is 11.6. The topological polar surface area (TPSA) is 96.3 Å². The molecule has 0 spiro atoms. The van der Waals surface area contributed by atoms with E-state index in [0.717, 1.165) is 0 Å². The van der Waals surface area contributed by atoms with Crippen molar-refractivity contribution in [1.82, 2.24) is 5.32 Å². The molecule has 0 amide bonds. The van der Waals surface area contributed by atoms with E-state index < -0.39 is 5.54 Å². The molecule has 0 fully saturated rings. The molecule has 7 nitrogen and oxygen atoms in total. The molecule has 0 aliphatic rings. The van der Waals surface area contributed by atoms with Crippen LogP contribution in [-0.4, -0.2) is 45.4 Å². The maximum atomic E-state index is 11.6. The van der Waals surface area contributed by atoms with Crippen LogP contribution in [0.2, 0.25) is 0 Å². The van der Waals surface area contributed by atoms with E-state index in [1.807, 2.05) is 0 Å². The predicted octanol–water partition coefficient (Wildman–Crippen LogP) is 0.854. The van der Waals surface area contributed by atoms with E-state index in [0.29, 0.717) is 19.6 Å². The number of ether oxygens (including phenoxy) is 2. The Bertz CT molecular complexity index is 265. The third-order valence-electron chi connectivity index (χ3n) is 2.23. The largest absolute Gasteiger partial charge is 0.468 e. The van der Waals surface area contributed by atoms with Crippen LogP contribution in [-0.2, 0) is 14.3 Å². The molecule has 0 aliphatic heterocycles. The van der Waals surface area contributed by atoms with E-state index in [2.05, 4.69) is 15.3 Å². The predicted molar refractivity (Wildman–Crippen MR) is 58.9 cm³/mol. The standard InChI is InChI=1S/C9H18N4O3/c1-9(4-7-15-2,8(14)16-3)11-5-6-12-13-10/h11H,4-7H2,1-3H3. The summed E-state index contributed by atoms with van der Waals surface area (Å²) >= 11 is 0. The Morgan fingerprint density at radius 2 is 2.25 bits per heavy atom. The summed E-state index contributed by atoms with van der Waals surface area (Å²) in [5, 5.41) is 6.37. The molecule has 1 unspecified atom stereocenters. The highest BCUT2D eigenvalue weighted by Crippen LogP contribution is 2.11. The average molecular weight is 230 g/mol. The third-order valence-corrected chi connectivity index (χ3v) is 2.23. The van der Waals surface area contributed by atoms with Crippen molar-refractivity contribution in [3.8, 4) is 0 Å². The molecule has 0 saturated carbocycles. The Morgan fingerprint density at radius 1 is 1.56 bits per heavy atom. The molecule has 0 aliphatic carbocycles. The Labute approximate surface area is 94.7 Å². The molecule has 1 atom stereocenters. The minimum absolute atomic E-state index is 0.288. The zero-order valence-corrected chi connectivity index (χ0v) is 9.89. The lowest BCUT2D eigenvalue weighted by atomic mass is 9.98. The van der Waals surface area contributed by atoms with Crippen molar-refractivity contribution in [2.75, 3.05) is 33.9 Å². The van der Waals surface area contributed by atoms with Crippen molar-refractivity contribution in [2.24, 2.45) is 5.11 Å². The number of hydrogen-bond donors (Lipinski definition) is 1. The van der Waals surface area contributed by atoms with Crippen LogP contribution in [0.1, 0.15) is 13.3 Å². The lowest BCUT2D eigenvalue weighted by molar-refractivity contribution is -0.148. The highest BCUT2D eigenvalue weighted by Gasteiger charge is 2.33. The van der Waals surface area contributed by atoms with Gasteiger partial charge >= 0.3 is 5.97 Å². The van der Waals surface area contributed by atoms with Crippen LogP contribution in [0, 0.1) is 0 Å². The molecule has 0 bridgehead atoms. The molecule has 0 aromatic carbocycles. The number of nitrogens with zero attached hydrogens (tertiary/aromatic N) is 3. The molecule has 0 rings (SSSR count). The second-order valence-electron chi connectivity index (χ2n) is 3.45. The Kier molecular flexibility index (Phi) is 7.28. The Hall–Kier alpha value is -1.30. The van der Waals surface area contributed by atoms with Crippen LogP contribution >= 0.6 is 0 Å². The number of azide groups is 1. The van der Waals surface area contributed by atoms with E-state index >= 15 is 0 Å². The molecule has 0 saturated heterocycles. The first-order chi connectivity index (χ1) is 7.60. The minimum atomic E-state index is -0.810. The maximum Gasteiger partial charge on any atom is 0.325 e. The average Bonchev–Trinajstić information content (AvgIpc) is 2.31. The van der Waals surface area contributed by atoms with Crippen LogP contribution < -0.4 is 5.32 Å². The number of methoxy groups -OCH3 is 2. The van der Waals surface area contributed by atoms with Gasteiger partial charge < -0.3 is 14.8 Å². The van der Waals surface area contributed by atoms with Gasteiger partial charge in [0, 0.05) is 31.7 Å².